The lowest BCUT2D eigenvalue weighted by molar-refractivity contribution is 0.0976. The van der Waals surface area contributed by atoms with Crippen molar-refractivity contribution in [3.63, 3.8) is 0 Å². The fourth-order valence-corrected chi connectivity index (χ4v) is 11.0. The SMILES string of the molecule is Cc1sc(-c2ccccc2)nc1CCCOc1cc(CC([P]2(O)OCCCO2)[P]2(O)OCCCO2)ccc1F. The molecule has 2 fully saturated rings. The van der Waals surface area contributed by atoms with Crippen molar-refractivity contribution in [1.29, 1.82) is 0 Å². The van der Waals surface area contributed by atoms with Crippen LogP contribution in [0.4, 0.5) is 4.39 Å². The van der Waals surface area contributed by atoms with Crippen LogP contribution in [0.2, 0.25) is 0 Å². The maximum absolute atomic E-state index is 14.7. The van der Waals surface area contributed by atoms with Gasteiger partial charge in [-0.3, -0.25) is 0 Å². The van der Waals surface area contributed by atoms with E-state index in [2.05, 4.69) is 6.92 Å². The van der Waals surface area contributed by atoms with E-state index < -0.39 is 27.1 Å². The van der Waals surface area contributed by atoms with Gasteiger partial charge in [0.05, 0.1) is 38.7 Å². The first-order valence-corrected chi connectivity index (χ1v) is 17.2. The molecule has 0 saturated carbocycles. The van der Waals surface area contributed by atoms with Gasteiger partial charge < -0.3 is 32.6 Å². The molecule has 2 saturated heterocycles. The van der Waals surface area contributed by atoms with Crippen molar-refractivity contribution in [1.82, 2.24) is 4.98 Å². The van der Waals surface area contributed by atoms with Gasteiger partial charge in [0, 0.05) is 10.4 Å². The van der Waals surface area contributed by atoms with Crippen molar-refractivity contribution < 1.29 is 37.0 Å². The number of nitrogens with zero attached hydrogens (tertiary/aromatic N) is 1. The molecule has 2 aromatic carbocycles. The van der Waals surface area contributed by atoms with Crippen molar-refractivity contribution >= 4 is 27.2 Å². The Morgan fingerprint density at radius 3 is 2.26 bits per heavy atom. The standard InChI is InChI=1S/C27H34FNO7P2S/c1-20-24(29-27(39-20)22-8-3-2-4-9-22)10-5-13-32-25-18-21(11-12-23(25)28)19-26(37(30)33-14-6-15-34-37)38(31)35-16-7-17-36-38/h2-4,8-9,11-12,18,26,30-31H,5-7,10,13-17,19H2,1H3. The van der Waals surface area contributed by atoms with Gasteiger partial charge in [-0.25, -0.2) is 9.37 Å². The number of aromatic nitrogens is 1. The molecule has 8 nitrogen and oxygen atoms in total. The van der Waals surface area contributed by atoms with E-state index in [0.717, 1.165) is 27.6 Å². The second kappa shape index (κ2) is 12.9. The third-order valence-corrected chi connectivity index (χ3v) is 13.5. The Morgan fingerprint density at radius 2 is 1.62 bits per heavy atom. The molecular weight excluding hydrogens is 563 g/mol. The highest BCUT2D eigenvalue weighted by molar-refractivity contribution is 7.79. The Balaban J connectivity index is 1.24. The van der Waals surface area contributed by atoms with Crippen LogP contribution < -0.4 is 4.74 Å². The lowest BCUT2D eigenvalue weighted by Gasteiger charge is -2.47. The second-order valence-corrected chi connectivity index (χ2v) is 15.6. The van der Waals surface area contributed by atoms with Crippen LogP contribution in [0.3, 0.4) is 0 Å². The van der Waals surface area contributed by atoms with Gasteiger partial charge in [-0.15, -0.1) is 11.3 Å². The van der Waals surface area contributed by atoms with E-state index in [1.165, 1.54) is 6.07 Å². The molecule has 0 unspecified atom stereocenters. The van der Waals surface area contributed by atoms with E-state index in [-0.39, 0.29) is 12.2 Å². The molecule has 3 aromatic rings. The number of rotatable bonds is 10. The summed E-state index contributed by atoms with van der Waals surface area (Å²) in [4.78, 5) is 28.5. The van der Waals surface area contributed by atoms with Crippen LogP contribution in [0.15, 0.2) is 48.5 Å². The predicted molar refractivity (Wildman–Crippen MR) is 151 cm³/mol. The minimum Gasteiger partial charge on any atom is -0.490 e. The zero-order valence-electron chi connectivity index (χ0n) is 21.8. The van der Waals surface area contributed by atoms with E-state index in [1.807, 2.05) is 30.3 Å². The molecule has 1 aromatic heterocycles. The summed E-state index contributed by atoms with van der Waals surface area (Å²) >= 11 is 1.67. The molecule has 12 heteroatoms. The number of ether oxygens (including phenoxy) is 1. The molecule has 3 heterocycles. The molecule has 0 aliphatic carbocycles. The van der Waals surface area contributed by atoms with Crippen molar-refractivity contribution in [2.45, 2.75) is 44.4 Å². The Hall–Kier alpha value is -1.58. The Labute approximate surface area is 233 Å². The molecule has 5 rings (SSSR count). The summed E-state index contributed by atoms with van der Waals surface area (Å²) in [6.45, 7) is 3.67. The number of thiazole rings is 1. The van der Waals surface area contributed by atoms with Gasteiger partial charge in [-0.05, 0) is 56.7 Å². The predicted octanol–water partition coefficient (Wildman–Crippen LogP) is 6.52. The summed E-state index contributed by atoms with van der Waals surface area (Å²) < 4.78 is 43.2. The number of aryl methyl sites for hydroxylation is 2. The first-order chi connectivity index (χ1) is 18.9. The fourth-order valence-electron chi connectivity index (χ4n) is 4.52. The van der Waals surface area contributed by atoms with Gasteiger partial charge in [0.1, 0.15) is 10.4 Å². The molecule has 39 heavy (non-hydrogen) atoms. The van der Waals surface area contributed by atoms with Crippen LogP contribution in [0.1, 0.15) is 35.4 Å². The van der Waals surface area contributed by atoms with Gasteiger partial charge in [0.15, 0.2) is 11.6 Å². The molecule has 2 aliphatic rings. The van der Waals surface area contributed by atoms with Crippen molar-refractivity contribution in [2.24, 2.45) is 0 Å². The normalized spacial score (nSPS) is 18.8. The van der Waals surface area contributed by atoms with Crippen molar-refractivity contribution in [2.75, 3.05) is 33.0 Å². The molecule has 0 bridgehead atoms. The average Bonchev–Trinajstić information content (AvgIpc) is 3.32. The maximum atomic E-state index is 14.7. The average molecular weight is 598 g/mol. The third kappa shape index (κ3) is 7.02. The molecule has 2 radical (unpaired) electrons. The highest BCUT2D eigenvalue weighted by Gasteiger charge is 2.54. The fraction of sp³-hybridized carbons (Fsp3) is 0.444. The minimum absolute atomic E-state index is 0.109. The number of halogens is 1. The maximum Gasteiger partial charge on any atom is 0.245 e. The molecular formula is C27H34FNO7P2S. The van der Waals surface area contributed by atoms with Crippen LogP contribution in [0.25, 0.3) is 10.6 Å². The van der Waals surface area contributed by atoms with Gasteiger partial charge in [-0.1, -0.05) is 36.4 Å². The Kier molecular flexibility index (Phi) is 9.60. The van der Waals surface area contributed by atoms with E-state index >= 15 is 0 Å². The number of hydrogen-bond donors (Lipinski definition) is 2. The lowest BCUT2D eigenvalue weighted by Crippen LogP contribution is -2.31. The Morgan fingerprint density at radius 1 is 0.974 bits per heavy atom. The summed E-state index contributed by atoms with van der Waals surface area (Å²) in [6.07, 6.45) is 2.82. The second-order valence-electron chi connectivity index (χ2n) is 9.46. The summed E-state index contributed by atoms with van der Waals surface area (Å²) in [7, 11) is -6.95. The minimum atomic E-state index is -3.48. The zero-order valence-corrected chi connectivity index (χ0v) is 24.4. The lowest BCUT2D eigenvalue weighted by atomic mass is 10.1. The monoisotopic (exact) mass is 597 g/mol. The quantitative estimate of drug-likeness (QED) is 0.201. The topological polar surface area (TPSA) is 99.5 Å². The van der Waals surface area contributed by atoms with Crippen LogP contribution in [-0.4, -0.2) is 53.2 Å². The number of hydrogen-bond acceptors (Lipinski definition) is 9. The Bertz CT molecular complexity index is 1210. The third-order valence-electron chi connectivity index (χ3n) is 6.58. The number of benzene rings is 2. The smallest absolute Gasteiger partial charge is 0.245 e. The van der Waals surface area contributed by atoms with Gasteiger partial charge in [0.25, 0.3) is 0 Å². The van der Waals surface area contributed by atoms with Crippen LogP contribution in [0, 0.1) is 12.7 Å². The van der Waals surface area contributed by atoms with E-state index in [0.29, 0.717) is 57.9 Å². The molecule has 212 valence electrons. The summed E-state index contributed by atoms with van der Waals surface area (Å²) in [5, 5.41) is 0.0681. The summed E-state index contributed by atoms with van der Waals surface area (Å²) in [5.41, 5.74) is 2.77. The van der Waals surface area contributed by atoms with Crippen molar-refractivity contribution in [3.8, 4) is 16.3 Å². The molecule has 2 N–H and O–H groups in total. The molecule has 0 spiro atoms. The first kappa shape index (κ1) is 28.9. The molecule has 2 aliphatic heterocycles. The summed E-state index contributed by atoms with van der Waals surface area (Å²) in [5.74, 6) is -0.373. The summed E-state index contributed by atoms with van der Waals surface area (Å²) in [6, 6.07) is 14.6. The highest BCUT2D eigenvalue weighted by Crippen LogP contribution is 2.80. The van der Waals surface area contributed by atoms with Crippen LogP contribution >= 0.6 is 27.2 Å². The van der Waals surface area contributed by atoms with E-state index in [9.17, 15) is 14.2 Å². The van der Waals surface area contributed by atoms with E-state index in [4.69, 9.17) is 27.8 Å². The first-order valence-electron chi connectivity index (χ1n) is 13.1. The molecule has 0 atom stereocenters. The highest BCUT2D eigenvalue weighted by atomic mass is 32.1. The van der Waals surface area contributed by atoms with Crippen molar-refractivity contribution in [3.05, 3.63) is 70.5 Å². The van der Waals surface area contributed by atoms with Gasteiger partial charge >= 0.3 is 0 Å². The van der Waals surface area contributed by atoms with Crippen LogP contribution in [-0.2, 0) is 30.9 Å². The zero-order chi connectivity index (χ0) is 27.3. The van der Waals surface area contributed by atoms with E-state index in [1.54, 1.807) is 23.5 Å². The van der Waals surface area contributed by atoms with Gasteiger partial charge in [-0.2, -0.15) is 0 Å². The van der Waals surface area contributed by atoms with Crippen LogP contribution in [0.5, 0.6) is 5.75 Å². The van der Waals surface area contributed by atoms with Gasteiger partial charge in [0.2, 0.25) is 15.9 Å². The largest absolute Gasteiger partial charge is 0.490 e. The molecule has 0 amide bonds.